The van der Waals surface area contributed by atoms with Crippen LogP contribution in [0.3, 0.4) is 0 Å². The first kappa shape index (κ1) is 20.2. The highest BCUT2D eigenvalue weighted by Gasteiger charge is 2.20. The summed E-state index contributed by atoms with van der Waals surface area (Å²) < 4.78 is 5.51. The van der Waals surface area contributed by atoms with E-state index in [0.29, 0.717) is 0 Å². The molecular formula is C18H34O2Si. The second-order valence-electron chi connectivity index (χ2n) is 7.72. The first-order chi connectivity index (χ1) is 9.55. The molecule has 0 atom stereocenters. The highest BCUT2D eigenvalue weighted by atomic mass is 28.3. The van der Waals surface area contributed by atoms with Crippen LogP contribution in [0, 0.1) is 0 Å². The minimum absolute atomic E-state index is 0.199. The van der Waals surface area contributed by atoms with Crippen LogP contribution in [0.25, 0.3) is 0 Å². The molecule has 0 rings (SSSR count). The Morgan fingerprint density at radius 2 is 1.71 bits per heavy atom. The molecule has 0 aliphatic carbocycles. The minimum Gasteiger partial charge on any atom is -0.456 e. The van der Waals surface area contributed by atoms with Gasteiger partial charge in [0, 0.05) is 0 Å². The maximum Gasteiger partial charge on any atom is 0.337 e. The molecule has 0 aromatic carbocycles. The number of hydrogen-bond acceptors (Lipinski definition) is 2. The Labute approximate surface area is 132 Å². The lowest BCUT2D eigenvalue weighted by Gasteiger charge is -2.21. The number of unbranched alkanes of at least 4 members (excludes halogenated alkanes) is 4. The van der Waals surface area contributed by atoms with Crippen molar-refractivity contribution in [1.82, 2.24) is 0 Å². The van der Waals surface area contributed by atoms with E-state index < -0.39 is 13.7 Å². The average Bonchev–Trinajstić information content (AvgIpc) is 2.28. The Hall–Kier alpha value is -0.833. The van der Waals surface area contributed by atoms with Gasteiger partial charge in [-0.2, -0.15) is 0 Å². The smallest absolute Gasteiger partial charge is 0.337 e. The number of carbonyl (C=O) groups excluding carboxylic acids is 1. The van der Waals surface area contributed by atoms with E-state index in [1.807, 2.05) is 26.8 Å². The summed E-state index contributed by atoms with van der Waals surface area (Å²) in [5.74, 6) is -0.199. The van der Waals surface area contributed by atoms with Crippen LogP contribution in [0.4, 0.5) is 0 Å². The average molecular weight is 311 g/mol. The number of carbonyl (C=O) groups is 1. The van der Waals surface area contributed by atoms with E-state index in [4.69, 9.17) is 4.74 Å². The fourth-order valence-electron chi connectivity index (χ4n) is 1.88. The van der Waals surface area contributed by atoms with Crippen molar-refractivity contribution >= 4 is 14.0 Å². The Morgan fingerprint density at radius 1 is 1.10 bits per heavy atom. The molecule has 0 unspecified atom stereocenters. The lowest BCUT2D eigenvalue weighted by Crippen LogP contribution is -2.26. The summed E-state index contributed by atoms with van der Waals surface area (Å²) in [4.78, 5) is 12.3. The lowest BCUT2D eigenvalue weighted by atomic mass is 10.1. The zero-order valence-electron chi connectivity index (χ0n) is 15.1. The topological polar surface area (TPSA) is 26.3 Å². The van der Waals surface area contributed by atoms with Crippen molar-refractivity contribution in [1.29, 1.82) is 0 Å². The summed E-state index contributed by atoms with van der Waals surface area (Å²) in [6.07, 6.45) is 10.1. The molecule has 0 saturated carbocycles. The fraction of sp³-hybridized carbons (Fsp3) is 0.722. The Morgan fingerprint density at radius 3 is 2.19 bits per heavy atom. The van der Waals surface area contributed by atoms with Gasteiger partial charge in [-0.05, 0) is 33.6 Å². The molecule has 0 N–H and O–H groups in total. The molecular weight excluding hydrogens is 276 g/mol. The standard InChI is InChI=1S/C18H34O2Si/c1-8-9-10-11-12-13-14-16(15-21(5,6)7)17(19)20-18(2,3)4/h13-15H,8-12H2,1-7H3/b14-13+,16-15+. The van der Waals surface area contributed by atoms with Gasteiger partial charge < -0.3 is 4.74 Å². The van der Waals surface area contributed by atoms with Crippen LogP contribution in [0.1, 0.15) is 59.8 Å². The first-order valence-corrected chi connectivity index (χ1v) is 11.8. The predicted molar refractivity (Wildman–Crippen MR) is 95.2 cm³/mol. The van der Waals surface area contributed by atoms with Crippen LogP contribution < -0.4 is 0 Å². The van der Waals surface area contributed by atoms with Crippen LogP contribution in [0.5, 0.6) is 0 Å². The molecule has 0 aromatic heterocycles. The van der Waals surface area contributed by atoms with Gasteiger partial charge in [0.25, 0.3) is 0 Å². The van der Waals surface area contributed by atoms with Crippen molar-refractivity contribution in [2.45, 2.75) is 85.0 Å². The first-order valence-electron chi connectivity index (χ1n) is 8.18. The molecule has 0 spiro atoms. The van der Waals surface area contributed by atoms with Gasteiger partial charge in [-0.15, -0.1) is 0 Å². The minimum atomic E-state index is -1.45. The van der Waals surface area contributed by atoms with E-state index in [1.165, 1.54) is 25.7 Å². The van der Waals surface area contributed by atoms with Gasteiger partial charge >= 0.3 is 5.97 Å². The number of rotatable bonds is 8. The summed E-state index contributed by atoms with van der Waals surface area (Å²) in [7, 11) is -1.45. The molecule has 122 valence electrons. The van der Waals surface area contributed by atoms with Crippen LogP contribution in [0.15, 0.2) is 23.4 Å². The molecule has 0 radical (unpaired) electrons. The maximum atomic E-state index is 12.3. The highest BCUT2D eigenvalue weighted by molar-refractivity contribution is 6.81. The van der Waals surface area contributed by atoms with Crippen molar-refractivity contribution < 1.29 is 9.53 Å². The van der Waals surface area contributed by atoms with Gasteiger partial charge in [-0.3, -0.25) is 0 Å². The van der Waals surface area contributed by atoms with Gasteiger partial charge in [0.1, 0.15) is 5.60 Å². The van der Waals surface area contributed by atoms with Crippen molar-refractivity contribution in [3.8, 4) is 0 Å². The van der Waals surface area contributed by atoms with Crippen molar-refractivity contribution in [3.05, 3.63) is 23.4 Å². The van der Waals surface area contributed by atoms with Gasteiger partial charge in [0.2, 0.25) is 0 Å². The lowest BCUT2D eigenvalue weighted by molar-refractivity contribution is -0.149. The molecule has 0 saturated heterocycles. The molecule has 0 aliphatic heterocycles. The van der Waals surface area contributed by atoms with E-state index in [9.17, 15) is 4.79 Å². The molecule has 0 fully saturated rings. The third-order valence-electron chi connectivity index (χ3n) is 2.74. The van der Waals surface area contributed by atoms with E-state index in [1.54, 1.807) is 0 Å². The molecule has 0 heterocycles. The molecule has 0 aliphatic rings. The second kappa shape index (κ2) is 9.24. The molecule has 0 aromatic rings. The molecule has 3 heteroatoms. The largest absolute Gasteiger partial charge is 0.456 e. The van der Waals surface area contributed by atoms with E-state index >= 15 is 0 Å². The zero-order chi connectivity index (χ0) is 16.5. The van der Waals surface area contributed by atoms with E-state index in [0.717, 1.165) is 12.0 Å². The van der Waals surface area contributed by atoms with Gasteiger partial charge in [-0.1, -0.05) is 63.7 Å². The van der Waals surface area contributed by atoms with E-state index in [2.05, 4.69) is 38.3 Å². The van der Waals surface area contributed by atoms with Gasteiger partial charge in [-0.25, -0.2) is 4.79 Å². The summed E-state index contributed by atoms with van der Waals surface area (Å²) in [5, 5.41) is 0. The monoisotopic (exact) mass is 310 g/mol. The predicted octanol–water partition coefficient (Wildman–Crippen LogP) is 5.66. The third kappa shape index (κ3) is 12.6. The Balaban J connectivity index is 4.73. The Kier molecular flexibility index (Phi) is 8.87. The van der Waals surface area contributed by atoms with Crippen LogP contribution in [-0.4, -0.2) is 19.6 Å². The fourth-order valence-corrected chi connectivity index (χ4v) is 3.02. The van der Waals surface area contributed by atoms with Crippen LogP contribution in [-0.2, 0) is 9.53 Å². The Bertz CT molecular complexity index is 368. The summed E-state index contributed by atoms with van der Waals surface area (Å²) >= 11 is 0. The number of hydrogen-bond donors (Lipinski definition) is 0. The molecule has 2 nitrogen and oxygen atoms in total. The number of ether oxygens (including phenoxy) is 1. The molecule has 21 heavy (non-hydrogen) atoms. The number of esters is 1. The quantitative estimate of drug-likeness (QED) is 0.190. The van der Waals surface area contributed by atoms with Crippen molar-refractivity contribution in [3.63, 3.8) is 0 Å². The van der Waals surface area contributed by atoms with E-state index in [-0.39, 0.29) is 5.97 Å². The summed E-state index contributed by atoms with van der Waals surface area (Å²) in [5.41, 5.74) is 2.41. The second-order valence-corrected chi connectivity index (χ2v) is 12.7. The van der Waals surface area contributed by atoms with Gasteiger partial charge in [0.15, 0.2) is 0 Å². The number of allylic oxidation sites excluding steroid dienone is 1. The third-order valence-corrected chi connectivity index (χ3v) is 3.92. The molecule has 0 bridgehead atoms. The normalized spacial score (nSPS) is 13.8. The maximum absolute atomic E-state index is 12.3. The van der Waals surface area contributed by atoms with Crippen LogP contribution >= 0.6 is 0 Å². The highest BCUT2D eigenvalue weighted by Crippen LogP contribution is 2.16. The summed E-state index contributed by atoms with van der Waals surface area (Å²) in [6, 6.07) is 0. The SMILES string of the molecule is CCCCCC/C=C/C(=C\[Si](C)(C)C)C(=O)OC(C)(C)C. The van der Waals surface area contributed by atoms with Gasteiger partial charge in [0.05, 0.1) is 13.6 Å². The van der Waals surface area contributed by atoms with Crippen molar-refractivity contribution in [2.24, 2.45) is 0 Å². The zero-order valence-corrected chi connectivity index (χ0v) is 16.1. The molecule has 0 amide bonds. The van der Waals surface area contributed by atoms with Crippen LogP contribution in [0.2, 0.25) is 19.6 Å². The van der Waals surface area contributed by atoms with Crippen molar-refractivity contribution in [2.75, 3.05) is 0 Å². The summed E-state index contributed by atoms with van der Waals surface area (Å²) in [6.45, 7) is 14.6.